The molecule has 0 unspecified atom stereocenters. The molecule has 0 N–H and O–H groups in total. The van der Waals surface area contributed by atoms with Crippen LogP contribution in [0.5, 0.6) is 0 Å². The summed E-state index contributed by atoms with van der Waals surface area (Å²) in [5.41, 5.74) is 3.70. The maximum Gasteiger partial charge on any atom is 0.295 e. The Balaban J connectivity index is 2.01. The van der Waals surface area contributed by atoms with Crippen LogP contribution < -0.4 is 4.57 Å². The lowest BCUT2D eigenvalue weighted by molar-refractivity contribution is -0.648. The molecule has 20 heavy (non-hydrogen) atoms. The summed E-state index contributed by atoms with van der Waals surface area (Å²) < 4.78 is 29.0. The van der Waals surface area contributed by atoms with E-state index in [0.717, 1.165) is 16.8 Å². The second-order valence-corrected chi connectivity index (χ2v) is 4.84. The predicted octanol–water partition coefficient (Wildman–Crippen LogP) is 0.932. The van der Waals surface area contributed by atoms with Crippen molar-refractivity contribution < 1.29 is 8.68 Å². The number of hydrogen-bond acceptors (Lipinski definition) is 3. The molecule has 0 saturated heterocycles. The molecule has 0 radical (unpaired) electrons. The monoisotopic (exact) mass is 266 g/mol. The van der Waals surface area contributed by atoms with Gasteiger partial charge in [-0.25, -0.2) is 13.5 Å². The molecule has 0 saturated carbocycles. The molecular weight excluding hydrogens is 252 g/mol. The third-order valence-electron chi connectivity index (χ3n) is 3.80. The normalized spacial score (nSPS) is 15.9. The molecule has 0 aliphatic carbocycles. The molecule has 96 valence electrons. The van der Waals surface area contributed by atoms with E-state index in [1.807, 2.05) is 15.0 Å². The third-order valence-corrected chi connectivity index (χ3v) is 3.80. The Bertz CT molecular complexity index is 1090. The largest absolute Gasteiger partial charge is 0.295 e. The van der Waals surface area contributed by atoms with Crippen LogP contribution in [0, 0.1) is 0 Å². The van der Waals surface area contributed by atoms with E-state index in [4.69, 9.17) is 4.11 Å². The fourth-order valence-corrected chi connectivity index (χ4v) is 2.95. The number of pyridine rings is 1. The van der Waals surface area contributed by atoms with Gasteiger partial charge in [0.1, 0.15) is 0 Å². The van der Waals surface area contributed by atoms with Crippen molar-refractivity contribution >= 4 is 16.9 Å². The summed E-state index contributed by atoms with van der Waals surface area (Å²) in [6, 6.07) is 1.92. The molecule has 0 spiro atoms. The van der Waals surface area contributed by atoms with Crippen LogP contribution in [0.2, 0.25) is 0 Å². The second-order valence-electron chi connectivity index (χ2n) is 4.84. The number of fused-ring (bicyclic) bond motifs is 7. The van der Waals surface area contributed by atoms with Gasteiger partial charge in [-0.15, -0.1) is 0 Å². The zero-order chi connectivity index (χ0) is 15.8. The first-order valence-corrected chi connectivity index (χ1v) is 6.26. The lowest BCUT2D eigenvalue weighted by atomic mass is 10.2. The first kappa shape index (κ1) is 7.74. The topological polar surface area (TPSA) is 51.9 Å². The summed E-state index contributed by atoms with van der Waals surface area (Å²) in [5.74, 6) is 0.622. The average molecular weight is 266 g/mol. The number of aromatic nitrogens is 6. The zero-order valence-corrected chi connectivity index (χ0v) is 10.4. The van der Waals surface area contributed by atoms with Crippen LogP contribution in [0.4, 0.5) is 0 Å². The van der Waals surface area contributed by atoms with Gasteiger partial charge in [0, 0.05) is 18.0 Å². The minimum atomic E-state index is -2.33. The molecule has 4 aromatic heterocycles. The molecular formula is C14H11N6+. The molecule has 0 bridgehead atoms. The highest BCUT2D eigenvalue weighted by Gasteiger charge is 2.33. The van der Waals surface area contributed by atoms with Crippen LogP contribution in [0.1, 0.15) is 9.68 Å². The zero-order valence-electron chi connectivity index (χ0n) is 13.4. The summed E-state index contributed by atoms with van der Waals surface area (Å²) >= 11 is 0. The highest BCUT2D eigenvalue weighted by molar-refractivity contribution is 5.76. The van der Waals surface area contributed by atoms with Crippen molar-refractivity contribution in [1.82, 2.24) is 23.9 Å². The van der Waals surface area contributed by atoms with Gasteiger partial charge >= 0.3 is 0 Å². The van der Waals surface area contributed by atoms with Crippen molar-refractivity contribution in [2.24, 2.45) is 6.98 Å². The van der Waals surface area contributed by atoms with Crippen LogP contribution in [0.25, 0.3) is 28.3 Å². The Morgan fingerprint density at radius 2 is 2.25 bits per heavy atom. The Kier molecular flexibility index (Phi) is 1.24. The Labute approximate surface area is 118 Å². The van der Waals surface area contributed by atoms with E-state index < -0.39 is 6.98 Å². The molecule has 1 aliphatic rings. The van der Waals surface area contributed by atoms with Crippen molar-refractivity contribution in [3.63, 3.8) is 0 Å². The SMILES string of the molecule is [2H]C([2H])([2H])n1c2[n+](c3c1nc1cnccn13)Cc1ccncc1-2. The van der Waals surface area contributed by atoms with E-state index in [9.17, 15) is 0 Å². The van der Waals surface area contributed by atoms with Crippen molar-refractivity contribution in [3.05, 3.63) is 42.6 Å². The van der Waals surface area contributed by atoms with Crippen LogP contribution in [0.15, 0.2) is 37.1 Å². The Morgan fingerprint density at radius 1 is 1.30 bits per heavy atom. The molecule has 6 nitrogen and oxygen atoms in total. The number of hydrogen-bond donors (Lipinski definition) is 0. The summed E-state index contributed by atoms with van der Waals surface area (Å²) in [6.07, 6.45) is 8.52. The minimum Gasteiger partial charge on any atom is -0.264 e. The smallest absolute Gasteiger partial charge is 0.264 e. The molecule has 4 aromatic rings. The van der Waals surface area contributed by atoms with Gasteiger partial charge in [-0.2, -0.15) is 4.98 Å². The highest BCUT2D eigenvalue weighted by atomic mass is 15.3. The Morgan fingerprint density at radius 3 is 3.20 bits per heavy atom. The van der Waals surface area contributed by atoms with Gasteiger partial charge < -0.3 is 0 Å². The number of nitrogens with zero attached hydrogens (tertiary/aromatic N) is 6. The van der Waals surface area contributed by atoms with E-state index >= 15 is 0 Å². The van der Waals surface area contributed by atoms with Crippen LogP contribution in [0.3, 0.4) is 0 Å². The summed E-state index contributed by atoms with van der Waals surface area (Å²) in [6.45, 7) is -1.73. The van der Waals surface area contributed by atoms with E-state index in [2.05, 4.69) is 15.0 Å². The maximum absolute atomic E-state index is 7.95. The van der Waals surface area contributed by atoms with Crippen molar-refractivity contribution in [1.29, 1.82) is 0 Å². The standard InChI is InChI=1S/C14H11N6/c1-18-12-14(19-5-4-16-7-11(19)17-12)20-8-9-2-3-15-6-10(9)13(18)20/h2-7H,8H2,1H3/q+1/i1D3. The molecule has 0 atom stereocenters. The summed E-state index contributed by atoms with van der Waals surface area (Å²) in [5, 5.41) is 0. The van der Waals surface area contributed by atoms with E-state index in [-0.39, 0.29) is 0 Å². The van der Waals surface area contributed by atoms with Crippen LogP contribution in [-0.2, 0) is 13.5 Å². The van der Waals surface area contributed by atoms with Gasteiger partial charge in [0.2, 0.25) is 11.5 Å². The molecule has 1 aliphatic heterocycles. The number of rotatable bonds is 0. The van der Waals surface area contributed by atoms with Gasteiger partial charge in [0.25, 0.3) is 11.3 Å². The molecule has 0 aromatic carbocycles. The third kappa shape index (κ3) is 1.01. The Hall–Kier alpha value is -2.76. The molecule has 0 fully saturated rings. The maximum atomic E-state index is 7.95. The molecule has 5 rings (SSSR count). The summed E-state index contributed by atoms with van der Waals surface area (Å²) in [7, 11) is 0. The van der Waals surface area contributed by atoms with Gasteiger partial charge in [-0.3, -0.25) is 9.97 Å². The van der Waals surface area contributed by atoms with E-state index in [1.54, 1.807) is 31.0 Å². The van der Waals surface area contributed by atoms with E-state index in [1.165, 1.54) is 4.57 Å². The quantitative estimate of drug-likeness (QED) is 0.392. The predicted molar refractivity (Wildman–Crippen MR) is 72.0 cm³/mol. The number of imidazole rings is 2. The van der Waals surface area contributed by atoms with Gasteiger partial charge in [-0.05, 0) is 6.07 Å². The fraction of sp³-hybridized carbons (Fsp3) is 0.143. The number of aryl methyl sites for hydroxylation is 1. The van der Waals surface area contributed by atoms with Crippen molar-refractivity contribution in [2.45, 2.75) is 6.54 Å². The van der Waals surface area contributed by atoms with E-state index in [0.29, 0.717) is 23.7 Å². The van der Waals surface area contributed by atoms with Crippen molar-refractivity contribution in [3.8, 4) is 11.4 Å². The first-order chi connectivity index (χ1) is 11.1. The average Bonchev–Trinajstić information content (AvgIpc) is 3.12. The molecule has 6 heteroatoms. The summed E-state index contributed by atoms with van der Waals surface area (Å²) in [4.78, 5) is 12.7. The van der Waals surface area contributed by atoms with Crippen molar-refractivity contribution in [2.75, 3.05) is 0 Å². The van der Waals surface area contributed by atoms with Crippen LogP contribution in [-0.4, -0.2) is 23.9 Å². The highest BCUT2D eigenvalue weighted by Crippen LogP contribution is 2.29. The lowest BCUT2D eigenvalue weighted by Gasteiger charge is -1.95. The van der Waals surface area contributed by atoms with Gasteiger partial charge in [-0.1, -0.05) is 0 Å². The minimum absolute atomic E-state index is 0.433. The van der Waals surface area contributed by atoms with Crippen LogP contribution >= 0.6 is 0 Å². The second kappa shape index (κ2) is 3.22. The fourth-order valence-electron chi connectivity index (χ4n) is 2.95. The lowest BCUT2D eigenvalue weighted by Crippen LogP contribution is -2.32. The van der Waals surface area contributed by atoms with Gasteiger partial charge in [0.15, 0.2) is 0 Å². The molecule has 5 heterocycles. The van der Waals surface area contributed by atoms with Gasteiger partial charge in [0.05, 0.1) is 41.8 Å². The molecule has 0 amide bonds. The first-order valence-electron chi connectivity index (χ1n) is 7.76.